The lowest BCUT2D eigenvalue weighted by atomic mass is 10.0. The number of benzene rings is 2. The molecule has 0 saturated carbocycles. The predicted molar refractivity (Wildman–Crippen MR) is 88.8 cm³/mol. The summed E-state index contributed by atoms with van der Waals surface area (Å²) in [5.74, 6) is 0. The molecule has 2 aromatic carbocycles. The fraction of sp³-hybridized carbons (Fsp3) is 0. The van der Waals surface area contributed by atoms with Gasteiger partial charge in [-0.3, -0.25) is 4.98 Å². The van der Waals surface area contributed by atoms with Crippen LogP contribution in [0.25, 0.3) is 36.1 Å². The van der Waals surface area contributed by atoms with Gasteiger partial charge in [-0.1, -0.05) is 42.5 Å². The van der Waals surface area contributed by atoms with Gasteiger partial charge in [0.15, 0.2) is 0 Å². The second-order valence-electron chi connectivity index (χ2n) is 4.79. The summed E-state index contributed by atoms with van der Waals surface area (Å²) in [6, 6.07) is 16.3. The van der Waals surface area contributed by atoms with Crippen LogP contribution >= 0.6 is 11.3 Å². The van der Waals surface area contributed by atoms with Gasteiger partial charge in [-0.15, -0.1) is 11.3 Å². The summed E-state index contributed by atoms with van der Waals surface area (Å²) in [6.07, 6.45) is 3.67. The molecular weight excluding hydrogens is 276 g/mol. The number of fused-ring (bicyclic) bond motifs is 3. The van der Waals surface area contributed by atoms with E-state index < -0.39 is 0 Å². The molecule has 98 valence electrons. The van der Waals surface area contributed by atoms with Crippen molar-refractivity contribution in [3.05, 3.63) is 72.3 Å². The van der Waals surface area contributed by atoms with E-state index in [9.17, 15) is 0 Å². The van der Waals surface area contributed by atoms with E-state index in [4.69, 9.17) is 6.57 Å². The van der Waals surface area contributed by atoms with Crippen LogP contribution in [-0.4, -0.2) is 4.98 Å². The van der Waals surface area contributed by atoms with Crippen LogP contribution in [-0.2, 0) is 0 Å². The molecule has 0 N–H and O–H groups in total. The number of hydrogen-bond donors (Lipinski definition) is 0. The van der Waals surface area contributed by atoms with Gasteiger partial charge in [-0.05, 0) is 16.8 Å². The van der Waals surface area contributed by atoms with Crippen molar-refractivity contribution < 1.29 is 0 Å². The SMILES string of the molecule is [C-]#[N+]c1cccc2c1sc1c(-c3cccnc3)cccc12. The molecule has 0 aliphatic carbocycles. The van der Waals surface area contributed by atoms with Gasteiger partial charge in [0, 0.05) is 32.9 Å². The Labute approximate surface area is 126 Å². The van der Waals surface area contributed by atoms with Gasteiger partial charge in [-0.2, -0.15) is 0 Å². The van der Waals surface area contributed by atoms with Crippen LogP contribution in [0.5, 0.6) is 0 Å². The first-order chi connectivity index (χ1) is 10.4. The maximum Gasteiger partial charge on any atom is 0.204 e. The topological polar surface area (TPSA) is 17.2 Å². The largest absolute Gasteiger partial charge is 0.264 e. The molecule has 0 aliphatic heterocycles. The number of hydrogen-bond acceptors (Lipinski definition) is 2. The molecule has 0 saturated heterocycles. The maximum absolute atomic E-state index is 7.34. The van der Waals surface area contributed by atoms with Gasteiger partial charge in [0.05, 0.1) is 6.57 Å². The maximum atomic E-state index is 7.34. The van der Waals surface area contributed by atoms with E-state index in [1.165, 1.54) is 15.6 Å². The van der Waals surface area contributed by atoms with Crippen molar-refractivity contribution in [1.29, 1.82) is 0 Å². The lowest BCUT2D eigenvalue weighted by molar-refractivity contribution is 1.33. The highest BCUT2D eigenvalue weighted by Crippen LogP contribution is 2.43. The fourth-order valence-corrected chi connectivity index (χ4v) is 3.94. The molecular formula is C18H10N2S. The van der Waals surface area contributed by atoms with E-state index in [1.807, 2.05) is 24.4 Å². The standard InChI is InChI=1S/C18H10N2S/c1-19-16-9-3-8-15-14-7-2-6-13(17(14)21-18(15)16)12-5-4-10-20-11-12/h2-11H. The Hall–Kier alpha value is -2.70. The van der Waals surface area contributed by atoms with Gasteiger partial charge >= 0.3 is 0 Å². The molecule has 0 radical (unpaired) electrons. The minimum absolute atomic E-state index is 0.728. The zero-order chi connectivity index (χ0) is 14.2. The summed E-state index contributed by atoms with van der Waals surface area (Å²) in [4.78, 5) is 7.86. The highest BCUT2D eigenvalue weighted by molar-refractivity contribution is 7.27. The van der Waals surface area contributed by atoms with Crippen molar-refractivity contribution >= 4 is 37.2 Å². The molecule has 21 heavy (non-hydrogen) atoms. The molecule has 0 atom stereocenters. The van der Waals surface area contributed by atoms with Gasteiger partial charge in [0.25, 0.3) is 0 Å². The third-order valence-corrected chi connectivity index (χ3v) is 4.87. The van der Waals surface area contributed by atoms with Crippen molar-refractivity contribution in [3.63, 3.8) is 0 Å². The molecule has 2 aromatic heterocycles. The lowest BCUT2D eigenvalue weighted by Gasteiger charge is -2.02. The monoisotopic (exact) mass is 286 g/mol. The highest BCUT2D eigenvalue weighted by atomic mass is 32.1. The Morgan fingerprint density at radius 3 is 2.48 bits per heavy atom. The lowest BCUT2D eigenvalue weighted by Crippen LogP contribution is -1.78. The van der Waals surface area contributed by atoms with Crippen LogP contribution in [0.4, 0.5) is 5.69 Å². The summed E-state index contributed by atoms with van der Waals surface area (Å²) in [7, 11) is 0. The average molecular weight is 286 g/mol. The molecule has 4 rings (SSSR count). The summed E-state index contributed by atoms with van der Waals surface area (Å²) < 4.78 is 2.29. The zero-order valence-corrected chi connectivity index (χ0v) is 11.9. The molecule has 2 heterocycles. The van der Waals surface area contributed by atoms with E-state index in [0.29, 0.717) is 0 Å². The highest BCUT2D eigenvalue weighted by Gasteiger charge is 2.12. The smallest absolute Gasteiger partial charge is 0.204 e. The van der Waals surface area contributed by atoms with Crippen molar-refractivity contribution in [1.82, 2.24) is 4.98 Å². The van der Waals surface area contributed by atoms with Gasteiger partial charge < -0.3 is 0 Å². The summed E-state index contributed by atoms with van der Waals surface area (Å²) in [6.45, 7) is 7.34. The minimum atomic E-state index is 0.728. The van der Waals surface area contributed by atoms with Crippen molar-refractivity contribution in [3.8, 4) is 11.1 Å². The fourth-order valence-electron chi connectivity index (χ4n) is 2.64. The Balaban J connectivity index is 2.14. The third-order valence-electron chi connectivity index (χ3n) is 3.60. The van der Waals surface area contributed by atoms with E-state index in [0.717, 1.165) is 21.3 Å². The molecule has 4 aromatic rings. The Kier molecular flexibility index (Phi) is 2.70. The van der Waals surface area contributed by atoms with E-state index in [2.05, 4.69) is 40.2 Å². The van der Waals surface area contributed by atoms with Crippen LogP contribution < -0.4 is 0 Å². The number of aromatic nitrogens is 1. The van der Waals surface area contributed by atoms with Crippen LogP contribution in [0.1, 0.15) is 0 Å². The third kappa shape index (κ3) is 1.81. The van der Waals surface area contributed by atoms with Gasteiger partial charge in [-0.25, -0.2) is 4.85 Å². The number of pyridine rings is 1. The zero-order valence-electron chi connectivity index (χ0n) is 11.1. The second kappa shape index (κ2) is 4.69. The molecule has 3 heteroatoms. The van der Waals surface area contributed by atoms with Crippen molar-refractivity contribution in [2.24, 2.45) is 0 Å². The summed E-state index contributed by atoms with van der Waals surface area (Å²) in [5.41, 5.74) is 3.02. The first-order valence-corrected chi connectivity index (χ1v) is 7.42. The first-order valence-electron chi connectivity index (χ1n) is 6.60. The summed E-state index contributed by atoms with van der Waals surface area (Å²) >= 11 is 1.69. The molecule has 0 aliphatic rings. The van der Waals surface area contributed by atoms with E-state index in [-0.39, 0.29) is 0 Å². The molecule has 2 nitrogen and oxygen atoms in total. The first kappa shape index (κ1) is 12.1. The van der Waals surface area contributed by atoms with E-state index in [1.54, 1.807) is 17.5 Å². The van der Waals surface area contributed by atoms with Gasteiger partial charge in [0.2, 0.25) is 5.69 Å². The van der Waals surface area contributed by atoms with Crippen LogP contribution in [0.15, 0.2) is 60.9 Å². The number of nitrogens with zero attached hydrogens (tertiary/aromatic N) is 2. The van der Waals surface area contributed by atoms with Crippen molar-refractivity contribution in [2.45, 2.75) is 0 Å². The van der Waals surface area contributed by atoms with Crippen LogP contribution in [0.3, 0.4) is 0 Å². The second-order valence-corrected chi connectivity index (χ2v) is 5.81. The van der Waals surface area contributed by atoms with Gasteiger partial charge in [0.1, 0.15) is 0 Å². The van der Waals surface area contributed by atoms with E-state index >= 15 is 0 Å². The average Bonchev–Trinajstić information content (AvgIpc) is 2.94. The Morgan fingerprint density at radius 1 is 0.905 bits per heavy atom. The number of rotatable bonds is 1. The summed E-state index contributed by atoms with van der Waals surface area (Å²) in [5, 5.41) is 2.37. The quantitative estimate of drug-likeness (QED) is 0.412. The van der Waals surface area contributed by atoms with Crippen LogP contribution in [0.2, 0.25) is 0 Å². The number of thiophene rings is 1. The Morgan fingerprint density at radius 2 is 1.71 bits per heavy atom. The molecule has 0 unspecified atom stereocenters. The molecule has 0 bridgehead atoms. The molecule has 0 amide bonds. The molecule has 0 fully saturated rings. The minimum Gasteiger partial charge on any atom is -0.264 e. The van der Waals surface area contributed by atoms with Crippen LogP contribution in [0, 0.1) is 6.57 Å². The molecule has 0 spiro atoms. The predicted octanol–water partition coefficient (Wildman–Crippen LogP) is 5.67. The normalized spacial score (nSPS) is 10.8. The Bertz CT molecular complexity index is 994. The van der Waals surface area contributed by atoms with Crippen molar-refractivity contribution in [2.75, 3.05) is 0 Å².